The number of halogens is 4. The Morgan fingerprint density at radius 1 is 1.20 bits per heavy atom. The molecule has 3 rings (SSSR count). The number of amides is 1. The van der Waals surface area contributed by atoms with E-state index >= 15 is 0 Å². The zero-order chi connectivity index (χ0) is 21.9. The minimum atomic E-state index is -4.75. The first kappa shape index (κ1) is 21.4. The van der Waals surface area contributed by atoms with Crippen LogP contribution in [0.3, 0.4) is 0 Å². The molecule has 1 heterocycles. The fourth-order valence-electron chi connectivity index (χ4n) is 2.82. The van der Waals surface area contributed by atoms with Gasteiger partial charge < -0.3 is 15.4 Å². The number of aliphatic hydroxyl groups is 1. The first-order chi connectivity index (χ1) is 14.2. The molecule has 0 radical (unpaired) electrons. The molecule has 0 unspecified atom stereocenters. The largest absolute Gasteiger partial charge is 0.418 e. The third-order valence-electron chi connectivity index (χ3n) is 4.22. The normalized spacial score (nSPS) is 11.1. The molecule has 154 valence electrons. The topological polar surface area (TPSA) is 82.2 Å². The van der Waals surface area contributed by atoms with Crippen LogP contribution in [0.2, 0.25) is 5.02 Å². The molecule has 5 nitrogen and oxygen atoms in total. The predicted octanol–water partition coefficient (Wildman–Crippen LogP) is 3.47. The van der Waals surface area contributed by atoms with Crippen molar-refractivity contribution in [2.45, 2.75) is 12.7 Å². The van der Waals surface area contributed by atoms with Gasteiger partial charge in [0, 0.05) is 28.7 Å². The Kier molecular flexibility index (Phi) is 6.15. The van der Waals surface area contributed by atoms with E-state index in [1.165, 1.54) is 0 Å². The highest BCUT2D eigenvalue weighted by Crippen LogP contribution is 2.34. The van der Waals surface area contributed by atoms with E-state index in [9.17, 15) is 22.8 Å². The summed E-state index contributed by atoms with van der Waals surface area (Å²) in [5.74, 6) is 3.86. The van der Waals surface area contributed by atoms with Crippen molar-refractivity contribution in [1.82, 2.24) is 10.3 Å². The van der Waals surface area contributed by atoms with Crippen LogP contribution in [-0.2, 0) is 12.7 Å². The molecule has 0 saturated carbocycles. The molecule has 0 saturated heterocycles. The molecule has 0 aliphatic carbocycles. The summed E-state index contributed by atoms with van der Waals surface area (Å²) in [5, 5.41) is 11.5. The zero-order valence-corrected chi connectivity index (χ0v) is 16.0. The Morgan fingerprint density at radius 3 is 2.53 bits per heavy atom. The summed E-state index contributed by atoms with van der Waals surface area (Å²) in [6.45, 7) is -0.452. The highest BCUT2D eigenvalue weighted by atomic mass is 35.5. The van der Waals surface area contributed by atoms with Crippen LogP contribution in [0.1, 0.15) is 27.0 Å². The second-order valence-corrected chi connectivity index (χ2v) is 6.68. The molecule has 0 bridgehead atoms. The van der Waals surface area contributed by atoms with Gasteiger partial charge in [0.1, 0.15) is 12.2 Å². The van der Waals surface area contributed by atoms with Gasteiger partial charge in [-0.05, 0) is 29.8 Å². The molecule has 9 heteroatoms. The fourth-order valence-corrected chi connectivity index (χ4v) is 2.94. The van der Waals surface area contributed by atoms with Crippen molar-refractivity contribution in [1.29, 1.82) is 0 Å². The first-order valence-electron chi connectivity index (χ1n) is 8.59. The highest BCUT2D eigenvalue weighted by Gasteiger charge is 2.34. The van der Waals surface area contributed by atoms with E-state index < -0.39 is 35.2 Å². The van der Waals surface area contributed by atoms with Crippen molar-refractivity contribution in [2.24, 2.45) is 0 Å². The Balaban J connectivity index is 2.02. The number of rotatable bonds is 3. The van der Waals surface area contributed by atoms with Gasteiger partial charge in [-0.25, -0.2) is 0 Å². The van der Waals surface area contributed by atoms with E-state index in [-0.39, 0.29) is 23.1 Å². The van der Waals surface area contributed by atoms with Crippen molar-refractivity contribution in [3.63, 3.8) is 0 Å². The number of carbonyl (C=O) groups is 1. The van der Waals surface area contributed by atoms with E-state index in [0.717, 1.165) is 23.9 Å². The maximum absolute atomic E-state index is 13.4. The van der Waals surface area contributed by atoms with Gasteiger partial charge >= 0.3 is 6.18 Å². The maximum Gasteiger partial charge on any atom is 0.418 e. The summed E-state index contributed by atoms with van der Waals surface area (Å²) in [6.07, 6.45) is -3.80. The minimum absolute atomic E-state index is 0.100. The average molecular weight is 435 g/mol. The van der Waals surface area contributed by atoms with E-state index in [1.807, 2.05) is 0 Å². The summed E-state index contributed by atoms with van der Waals surface area (Å²) < 4.78 is 40.3. The third kappa shape index (κ3) is 4.64. The molecular formula is C21H14ClF3N2O3. The van der Waals surface area contributed by atoms with Gasteiger partial charge in [-0.1, -0.05) is 35.6 Å². The van der Waals surface area contributed by atoms with E-state index in [0.29, 0.717) is 5.02 Å². The molecular weight excluding hydrogens is 421 g/mol. The lowest BCUT2D eigenvalue weighted by Crippen LogP contribution is -2.28. The number of carbonyl (C=O) groups excluding carboxylic acids is 1. The number of fused-ring (bicyclic) bond motifs is 1. The van der Waals surface area contributed by atoms with Crippen LogP contribution in [0, 0.1) is 11.8 Å². The van der Waals surface area contributed by atoms with Crippen molar-refractivity contribution < 1.29 is 23.1 Å². The van der Waals surface area contributed by atoms with Crippen molar-refractivity contribution >= 4 is 28.4 Å². The van der Waals surface area contributed by atoms with Crippen LogP contribution in [0.4, 0.5) is 13.2 Å². The lowest BCUT2D eigenvalue weighted by Gasteiger charge is -2.12. The molecule has 3 aromatic rings. The monoisotopic (exact) mass is 434 g/mol. The molecule has 0 spiro atoms. The van der Waals surface area contributed by atoms with Crippen LogP contribution in [0.25, 0.3) is 10.9 Å². The number of aromatic amines is 1. The lowest BCUT2D eigenvalue weighted by molar-refractivity contribution is -0.136. The summed E-state index contributed by atoms with van der Waals surface area (Å²) in [6, 6.07) is 8.59. The van der Waals surface area contributed by atoms with Crippen molar-refractivity contribution in [2.75, 3.05) is 6.61 Å². The number of H-pyrrole nitrogens is 1. The Morgan fingerprint density at radius 2 is 1.90 bits per heavy atom. The minimum Gasteiger partial charge on any atom is -0.384 e. The van der Waals surface area contributed by atoms with E-state index in [1.54, 1.807) is 24.3 Å². The molecule has 2 aromatic carbocycles. The quantitative estimate of drug-likeness (QED) is 0.552. The van der Waals surface area contributed by atoms with Gasteiger partial charge in [0.05, 0.1) is 11.1 Å². The molecule has 0 fully saturated rings. The Labute approximate surface area is 173 Å². The maximum atomic E-state index is 13.4. The summed E-state index contributed by atoms with van der Waals surface area (Å²) in [7, 11) is 0. The molecule has 1 amide bonds. The standard InChI is InChI=1S/C21H14ClF3N2O3/c22-14-5-3-12(4-6-14)10-27-20(30)16-11-26-18-15(19(16)29)8-13(2-1-7-28)9-17(18)21(23,24)25/h3-6,8-9,11,28H,7,10H2,(H,26,29)(H,27,30). The number of nitrogens with one attached hydrogen (secondary N) is 2. The number of hydrogen-bond acceptors (Lipinski definition) is 3. The van der Waals surface area contributed by atoms with E-state index in [4.69, 9.17) is 16.7 Å². The van der Waals surface area contributed by atoms with Gasteiger partial charge in [-0.15, -0.1) is 0 Å². The highest BCUT2D eigenvalue weighted by molar-refractivity contribution is 6.30. The summed E-state index contributed by atoms with van der Waals surface area (Å²) in [4.78, 5) is 27.6. The average Bonchev–Trinajstić information content (AvgIpc) is 2.71. The fraction of sp³-hybridized carbons (Fsp3) is 0.143. The van der Waals surface area contributed by atoms with Crippen molar-refractivity contribution in [3.05, 3.63) is 80.1 Å². The molecule has 0 aliphatic rings. The predicted molar refractivity (Wildman–Crippen MR) is 106 cm³/mol. The molecule has 30 heavy (non-hydrogen) atoms. The van der Waals surface area contributed by atoms with E-state index in [2.05, 4.69) is 22.1 Å². The number of alkyl halides is 3. The van der Waals surface area contributed by atoms with Gasteiger partial charge in [-0.2, -0.15) is 13.2 Å². The zero-order valence-electron chi connectivity index (χ0n) is 15.2. The van der Waals surface area contributed by atoms with Gasteiger partial charge in [0.15, 0.2) is 0 Å². The molecule has 0 aliphatic heterocycles. The van der Waals surface area contributed by atoms with Crippen molar-refractivity contribution in [3.8, 4) is 11.8 Å². The van der Waals surface area contributed by atoms with Gasteiger partial charge in [0.25, 0.3) is 5.91 Å². The van der Waals surface area contributed by atoms with Crippen LogP contribution < -0.4 is 10.7 Å². The number of hydrogen-bond donors (Lipinski definition) is 3. The second-order valence-electron chi connectivity index (χ2n) is 6.24. The lowest BCUT2D eigenvalue weighted by atomic mass is 10.0. The number of benzene rings is 2. The Hall–Kier alpha value is -3.28. The molecule has 0 atom stereocenters. The van der Waals surface area contributed by atoms with Crippen LogP contribution in [0.5, 0.6) is 0 Å². The smallest absolute Gasteiger partial charge is 0.384 e. The third-order valence-corrected chi connectivity index (χ3v) is 4.47. The number of aliphatic hydroxyl groups excluding tert-OH is 1. The SMILES string of the molecule is O=C(NCc1ccc(Cl)cc1)c1c[nH]c2c(C(F)(F)F)cc(C#CCO)cc2c1=O. The van der Waals surface area contributed by atoms with Crippen LogP contribution in [0.15, 0.2) is 47.4 Å². The number of aromatic nitrogens is 1. The summed E-state index contributed by atoms with van der Waals surface area (Å²) in [5.41, 5.74) is -2.12. The first-order valence-corrected chi connectivity index (χ1v) is 8.97. The summed E-state index contributed by atoms with van der Waals surface area (Å²) >= 11 is 5.80. The van der Waals surface area contributed by atoms with Gasteiger partial charge in [-0.3, -0.25) is 9.59 Å². The molecule has 1 aromatic heterocycles. The molecule has 3 N–H and O–H groups in total. The van der Waals surface area contributed by atoms with Crippen LogP contribution in [-0.4, -0.2) is 22.6 Å². The van der Waals surface area contributed by atoms with Crippen LogP contribution >= 0.6 is 11.6 Å². The number of pyridine rings is 1. The Bertz CT molecular complexity index is 1220. The second kappa shape index (κ2) is 8.61. The van der Waals surface area contributed by atoms with Gasteiger partial charge in [0.2, 0.25) is 5.43 Å².